The van der Waals surface area contributed by atoms with Gasteiger partial charge in [-0.1, -0.05) is 53.5 Å². The molecule has 0 spiro atoms. The maximum absolute atomic E-state index is 11.9. The quantitative estimate of drug-likeness (QED) is 0.803. The van der Waals surface area contributed by atoms with E-state index in [1.54, 1.807) is 24.3 Å². The number of rotatable bonds is 4. The van der Waals surface area contributed by atoms with E-state index in [9.17, 15) is 8.42 Å². The Morgan fingerprint density at radius 1 is 1.00 bits per heavy atom. The second kappa shape index (κ2) is 5.82. The molecular weight excluding hydrogens is 307 g/mol. The van der Waals surface area contributed by atoms with Gasteiger partial charge in [-0.15, -0.1) is 0 Å². The van der Waals surface area contributed by atoms with Crippen molar-refractivity contribution in [3.63, 3.8) is 0 Å². The fourth-order valence-electron chi connectivity index (χ4n) is 1.49. The van der Waals surface area contributed by atoms with Gasteiger partial charge in [0.15, 0.2) is 5.75 Å². The largest absolute Gasteiger partial charge is 0.381 e. The molecule has 6 heteroatoms. The van der Waals surface area contributed by atoms with E-state index >= 15 is 0 Å². The molecule has 0 aliphatic rings. The molecule has 0 atom stereocenters. The summed E-state index contributed by atoms with van der Waals surface area (Å²) in [6.45, 7) is 0. The van der Waals surface area contributed by atoms with Crippen molar-refractivity contribution in [3.8, 4) is 5.75 Å². The molecule has 0 saturated heterocycles. The second-order valence-corrected chi connectivity index (χ2v) is 6.26. The third-order valence-electron chi connectivity index (χ3n) is 2.30. The Hall–Kier alpha value is -1.23. The summed E-state index contributed by atoms with van der Waals surface area (Å²) >= 11 is 11.6. The van der Waals surface area contributed by atoms with Crippen molar-refractivity contribution in [1.82, 2.24) is 0 Å². The molecule has 19 heavy (non-hydrogen) atoms. The van der Waals surface area contributed by atoms with Crippen LogP contribution in [0.5, 0.6) is 5.75 Å². The molecule has 2 rings (SSSR count). The molecule has 100 valence electrons. The Bertz CT molecular complexity index is 670. The van der Waals surface area contributed by atoms with Gasteiger partial charge in [0.2, 0.25) is 0 Å². The van der Waals surface area contributed by atoms with E-state index in [0.29, 0.717) is 10.6 Å². The molecule has 0 heterocycles. The monoisotopic (exact) mass is 316 g/mol. The standard InChI is InChI=1S/C13H10Cl2O3S/c14-11-6-7-13(12(15)8-11)18-19(16,17)9-10-4-2-1-3-5-10/h1-8H,9H2. The molecule has 0 aliphatic carbocycles. The molecule has 0 bridgehead atoms. The zero-order valence-corrected chi connectivity index (χ0v) is 12.0. The first-order valence-corrected chi connectivity index (χ1v) is 7.71. The predicted octanol–water partition coefficient (Wildman–Crippen LogP) is 3.90. The van der Waals surface area contributed by atoms with Crippen molar-refractivity contribution in [1.29, 1.82) is 0 Å². The molecule has 0 saturated carbocycles. The van der Waals surface area contributed by atoms with Gasteiger partial charge in [0.25, 0.3) is 0 Å². The van der Waals surface area contributed by atoms with E-state index in [-0.39, 0.29) is 16.5 Å². The smallest absolute Gasteiger partial charge is 0.313 e. The van der Waals surface area contributed by atoms with Crippen molar-refractivity contribution in [2.75, 3.05) is 0 Å². The number of hydrogen-bond donors (Lipinski definition) is 0. The molecule has 2 aromatic rings. The average molecular weight is 317 g/mol. The highest BCUT2D eigenvalue weighted by Gasteiger charge is 2.16. The van der Waals surface area contributed by atoms with Crippen LogP contribution < -0.4 is 4.18 Å². The van der Waals surface area contributed by atoms with Crippen molar-refractivity contribution >= 4 is 33.3 Å². The first kappa shape index (κ1) is 14.2. The fraction of sp³-hybridized carbons (Fsp3) is 0.0769. The van der Waals surface area contributed by atoms with Crippen LogP contribution in [0.3, 0.4) is 0 Å². The number of benzene rings is 2. The lowest BCUT2D eigenvalue weighted by atomic mass is 10.2. The van der Waals surface area contributed by atoms with Crippen molar-refractivity contribution in [2.45, 2.75) is 5.75 Å². The Balaban J connectivity index is 2.17. The molecule has 0 radical (unpaired) electrons. The molecule has 0 aromatic heterocycles. The highest BCUT2D eigenvalue weighted by Crippen LogP contribution is 2.29. The van der Waals surface area contributed by atoms with Gasteiger partial charge in [0.05, 0.1) is 5.02 Å². The van der Waals surface area contributed by atoms with Crippen LogP contribution in [0.4, 0.5) is 0 Å². The summed E-state index contributed by atoms with van der Waals surface area (Å²) < 4.78 is 28.8. The SMILES string of the molecule is O=S(=O)(Cc1ccccc1)Oc1ccc(Cl)cc1Cl. The summed E-state index contributed by atoms with van der Waals surface area (Å²) in [5.41, 5.74) is 0.646. The van der Waals surface area contributed by atoms with Gasteiger partial charge in [-0.3, -0.25) is 0 Å². The number of halogens is 2. The molecule has 3 nitrogen and oxygen atoms in total. The molecule has 0 amide bonds. The van der Waals surface area contributed by atoms with Crippen LogP contribution in [0.25, 0.3) is 0 Å². The van der Waals surface area contributed by atoms with Crippen LogP contribution in [0, 0.1) is 0 Å². The van der Waals surface area contributed by atoms with E-state index < -0.39 is 10.1 Å². The van der Waals surface area contributed by atoms with Gasteiger partial charge < -0.3 is 4.18 Å². The van der Waals surface area contributed by atoms with Crippen LogP contribution in [0.2, 0.25) is 10.0 Å². The number of hydrogen-bond acceptors (Lipinski definition) is 3. The highest BCUT2D eigenvalue weighted by atomic mass is 35.5. The molecule has 0 fully saturated rings. The van der Waals surface area contributed by atoms with Crippen molar-refractivity contribution in [3.05, 3.63) is 64.1 Å². The fourth-order valence-corrected chi connectivity index (χ4v) is 3.06. The molecular formula is C13H10Cl2O3S. The van der Waals surface area contributed by atoms with E-state index in [2.05, 4.69) is 0 Å². The lowest BCUT2D eigenvalue weighted by molar-refractivity contribution is 0.485. The van der Waals surface area contributed by atoms with Crippen LogP contribution in [-0.4, -0.2) is 8.42 Å². The van der Waals surface area contributed by atoms with E-state index in [0.717, 1.165) is 0 Å². The summed E-state index contributed by atoms with van der Waals surface area (Å²) in [6.07, 6.45) is 0. The van der Waals surface area contributed by atoms with Gasteiger partial charge in [-0.25, -0.2) is 0 Å². The first-order valence-electron chi connectivity index (χ1n) is 5.37. The van der Waals surface area contributed by atoms with E-state index in [4.69, 9.17) is 27.4 Å². The molecule has 2 aromatic carbocycles. The maximum atomic E-state index is 11.9. The highest BCUT2D eigenvalue weighted by molar-refractivity contribution is 7.86. The summed E-state index contributed by atoms with van der Waals surface area (Å²) in [6, 6.07) is 13.1. The van der Waals surface area contributed by atoms with E-state index in [1.165, 1.54) is 18.2 Å². The first-order chi connectivity index (χ1) is 8.96. The minimum atomic E-state index is -3.75. The maximum Gasteiger partial charge on any atom is 0.313 e. The third kappa shape index (κ3) is 4.13. The van der Waals surface area contributed by atoms with Gasteiger partial charge >= 0.3 is 10.1 Å². The normalized spacial score (nSPS) is 11.3. The van der Waals surface area contributed by atoms with Gasteiger partial charge in [-0.2, -0.15) is 8.42 Å². The lowest BCUT2D eigenvalue weighted by Gasteiger charge is -2.08. The van der Waals surface area contributed by atoms with Crippen molar-refractivity contribution in [2.24, 2.45) is 0 Å². The summed E-state index contributed by atoms with van der Waals surface area (Å²) in [5.74, 6) is -0.144. The Kier molecular flexibility index (Phi) is 4.34. The summed E-state index contributed by atoms with van der Waals surface area (Å²) in [4.78, 5) is 0. The zero-order valence-electron chi connectivity index (χ0n) is 9.71. The molecule has 0 N–H and O–H groups in total. The predicted molar refractivity (Wildman–Crippen MR) is 76.2 cm³/mol. The minimum absolute atomic E-state index is 0.0713. The van der Waals surface area contributed by atoms with Crippen LogP contribution in [0.15, 0.2) is 48.5 Å². The summed E-state index contributed by atoms with van der Waals surface area (Å²) in [5, 5.41) is 0.571. The second-order valence-electron chi connectivity index (χ2n) is 3.85. The average Bonchev–Trinajstić information content (AvgIpc) is 2.33. The van der Waals surface area contributed by atoms with E-state index in [1.807, 2.05) is 6.07 Å². The van der Waals surface area contributed by atoms with Gasteiger partial charge in [-0.05, 0) is 23.8 Å². The Morgan fingerprint density at radius 3 is 2.32 bits per heavy atom. The Morgan fingerprint density at radius 2 is 1.68 bits per heavy atom. The minimum Gasteiger partial charge on any atom is -0.381 e. The van der Waals surface area contributed by atoms with Crippen LogP contribution in [0.1, 0.15) is 5.56 Å². The van der Waals surface area contributed by atoms with Crippen LogP contribution in [-0.2, 0) is 15.9 Å². The van der Waals surface area contributed by atoms with Gasteiger partial charge in [0, 0.05) is 5.02 Å². The summed E-state index contributed by atoms with van der Waals surface area (Å²) in [7, 11) is -3.75. The van der Waals surface area contributed by atoms with Gasteiger partial charge in [0.1, 0.15) is 5.75 Å². The lowest BCUT2D eigenvalue weighted by Crippen LogP contribution is -2.12. The third-order valence-corrected chi connectivity index (χ3v) is 3.95. The zero-order chi connectivity index (χ0) is 13.9. The van der Waals surface area contributed by atoms with Crippen LogP contribution >= 0.6 is 23.2 Å². The molecule has 0 unspecified atom stereocenters. The van der Waals surface area contributed by atoms with Crippen molar-refractivity contribution < 1.29 is 12.6 Å². The molecule has 0 aliphatic heterocycles. The Labute approximate surface area is 121 Å². The topological polar surface area (TPSA) is 43.4 Å².